The Kier molecular flexibility index (Phi) is 3.73. The molecule has 1 aliphatic heterocycles. The van der Waals surface area contributed by atoms with Crippen LogP contribution in [0.3, 0.4) is 0 Å². The number of likely N-dealkylation sites (tertiary alicyclic amines) is 1. The van der Waals surface area contributed by atoms with Gasteiger partial charge in [0.1, 0.15) is 19.2 Å². The van der Waals surface area contributed by atoms with E-state index in [0.717, 1.165) is 19.5 Å². The third kappa shape index (κ3) is 2.82. The highest BCUT2D eigenvalue weighted by Crippen LogP contribution is 2.22. The number of aromatic nitrogens is 3. The van der Waals surface area contributed by atoms with Gasteiger partial charge in [-0.1, -0.05) is 6.92 Å². The molecule has 94 valence electrons. The van der Waals surface area contributed by atoms with Crippen LogP contribution in [0, 0.1) is 11.8 Å². The summed E-state index contributed by atoms with van der Waals surface area (Å²) >= 11 is 0. The lowest BCUT2D eigenvalue weighted by molar-refractivity contribution is -0.134. The van der Waals surface area contributed by atoms with E-state index >= 15 is 0 Å². The fourth-order valence-electron chi connectivity index (χ4n) is 2.24. The lowest BCUT2D eigenvalue weighted by Crippen LogP contribution is -2.46. The van der Waals surface area contributed by atoms with Gasteiger partial charge < -0.3 is 10.6 Å². The molecule has 1 saturated heterocycles. The van der Waals surface area contributed by atoms with Gasteiger partial charge in [0.25, 0.3) is 0 Å². The Morgan fingerprint density at radius 1 is 1.59 bits per heavy atom. The molecule has 1 fully saturated rings. The van der Waals surface area contributed by atoms with Gasteiger partial charge in [-0.15, -0.1) is 0 Å². The Hall–Kier alpha value is -1.43. The molecule has 2 rings (SSSR count). The van der Waals surface area contributed by atoms with E-state index in [9.17, 15) is 4.79 Å². The molecule has 17 heavy (non-hydrogen) atoms. The minimum absolute atomic E-state index is 0.0980. The zero-order chi connectivity index (χ0) is 12.3. The van der Waals surface area contributed by atoms with Gasteiger partial charge >= 0.3 is 0 Å². The molecule has 0 aliphatic carbocycles. The first-order valence-corrected chi connectivity index (χ1v) is 6.01. The van der Waals surface area contributed by atoms with Gasteiger partial charge in [-0.25, -0.2) is 9.67 Å². The highest BCUT2D eigenvalue weighted by molar-refractivity contribution is 5.76. The molecular weight excluding hydrogens is 218 g/mol. The molecule has 0 bridgehead atoms. The molecule has 1 amide bonds. The molecule has 0 saturated carbocycles. The number of amides is 1. The molecule has 0 aromatic carbocycles. The normalized spacial score (nSPS) is 24.9. The third-order valence-corrected chi connectivity index (χ3v) is 3.53. The quantitative estimate of drug-likeness (QED) is 0.784. The number of carbonyl (C=O) groups is 1. The lowest BCUT2D eigenvalue weighted by atomic mass is 9.87. The topological polar surface area (TPSA) is 77.0 Å². The van der Waals surface area contributed by atoms with Crippen molar-refractivity contribution in [3.8, 4) is 0 Å². The van der Waals surface area contributed by atoms with Gasteiger partial charge in [0.2, 0.25) is 5.91 Å². The van der Waals surface area contributed by atoms with Crippen molar-refractivity contribution in [1.82, 2.24) is 19.7 Å². The highest BCUT2D eigenvalue weighted by atomic mass is 16.2. The lowest BCUT2D eigenvalue weighted by Gasteiger charge is -2.36. The monoisotopic (exact) mass is 237 g/mol. The minimum Gasteiger partial charge on any atom is -0.341 e. The van der Waals surface area contributed by atoms with Crippen molar-refractivity contribution in [2.45, 2.75) is 19.9 Å². The molecule has 6 nitrogen and oxygen atoms in total. The molecule has 2 atom stereocenters. The second-order valence-electron chi connectivity index (χ2n) is 4.69. The van der Waals surface area contributed by atoms with Crippen molar-refractivity contribution in [1.29, 1.82) is 0 Å². The summed E-state index contributed by atoms with van der Waals surface area (Å²) in [5, 5.41) is 3.94. The number of rotatable bonds is 3. The van der Waals surface area contributed by atoms with Crippen molar-refractivity contribution in [2.75, 3.05) is 19.6 Å². The summed E-state index contributed by atoms with van der Waals surface area (Å²) in [6.07, 6.45) is 4.03. The van der Waals surface area contributed by atoms with Gasteiger partial charge in [-0.05, 0) is 24.8 Å². The number of hydrogen-bond donors (Lipinski definition) is 1. The van der Waals surface area contributed by atoms with E-state index in [-0.39, 0.29) is 12.5 Å². The van der Waals surface area contributed by atoms with Crippen molar-refractivity contribution >= 4 is 5.91 Å². The Morgan fingerprint density at radius 3 is 3.06 bits per heavy atom. The van der Waals surface area contributed by atoms with Crippen LogP contribution in [0.4, 0.5) is 0 Å². The molecule has 2 heterocycles. The maximum Gasteiger partial charge on any atom is 0.244 e. The summed E-state index contributed by atoms with van der Waals surface area (Å²) in [6.45, 7) is 4.72. The molecule has 1 aromatic heterocycles. The van der Waals surface area contributed by atoms with Crippen LogP contribution < -0.4 is 5.73 Å². The van der Waals surface area contributed by atoms with E-state index in [1.807, 2.05) is 4.90 Å². The van der Waals surface area contributed by atoms with Gasteiger partial charge in [0.05, 0.1) is 0 Å². The first kappa shape index (κ1) is 12.0. The van der Waals surface area contributed by atoms with E-state index in [2.05, 4.69) is 17.0 Å². The first-order valence-electron chi connectivity index (χ1n) is 6.01. The summed E-state index contributed by atoms with van der Waals surface area (Å²) in [5.41, 5.74) is 5.73. The average Bonchev–Trinajstić information content (AvgIpc) is 2.82. The van der Waals surface area contributed by atoms with E-state index in [4.69, 9.17) is 5.73 Å². The van der Waals surface area contributed by atoms with Crippen LogP contribution in [-0.2, 0) is 11.3 Å². The molecule has 2 N–H and O–H groups in total. The van der Waals surface area contributed by atoms with Crippen molar-refractivity contribution in [3.05, 3.63) is 12.7 Å². The standard InChI is InChI=1S/C11H19N5O/c1-9-2-3-15(5-10(9)4-12)11(17)6-16-8-13-7-14-16/h7-10H,2-6,12H2,1H3. The van der Waals surface area contributed by atoms with Crippen molar-refractivity contribution < 1.29 is 4.79 Å². The maximum absolute atomic E-state index is 12.0. The summed E-state index contributed by atoms with van der Waals surface area (Å²) in [5.74, 6) is 1.12. The van der Waals surface area contributed by atoms with Crippen LogP contribution in [0.15, 0.2) is 12.7 Å². The fraction of sp³-hybridized carbons (Fsp3) is 0.727. The summed E-state index contributed by atoms with van der Waals surface area (Å²) in [6, 6.07) is 0. The van der Waals surface area contributed by atoms with Crippen LogP contribution in [0.2, 0.25) is 0 Å². The first-order chi connectivity index (χ1) is 8.20. The SMILES string of the molecule is CC1CCN(C(=O)Cn2cncn2)CC1CN. The number of nitrogens with zero attached hydrogens (tertiary/aromatic N) is 4. The number of carbonyl (C=O) groups excluding carboxylic acids is 1. The van der Waals surface area contributed by atoms with Gasteiger partial charge in [0.15, 0.2) is 0 Å². The van der Waals surface area contributed by atoms with Crippen LogP contribution in [0.25, 0.3) is 0 Å². The summed E-state index contributed by atoms with van der Waals surface area (Å²) < 4.78 is 1.55. The second-order valence-corrected chi connectivity index (χ2v) is 4.69. The Labute approximate surface area is 101 Å². The van der Waals surface area contributed by atoms with E-state index in [1.165, 1.54) is 6.33 Å². The predicted octanol–water partition coefficient (Wildman–Crippen LogP) is -0.279. The van der Waals surface area contributed by atoms with E-state index < -0.39 is 0 Å². The van der Waals surface area contributed by atoms with Crippen LogP contribution in [-0.4, -0.2) is 45.2 Å². The highest BCUT2D eigenvalue weighted by Gasteiger charge is 2.27. The molecular formula is C11H19N5O. The molecule has 2 unspecified atom stereocenters. The smallest absolute Gasteiger partial charge is 0.244 e. The molecule has 6 heteroatoms. The summed E-state index contributed by atoms with van der Waals surface area (Å²) in [7, 11) is 0. The van der Waals surface area contributed by atoms with Gasteiger partial charge in [-0.2, -0.15) is 5.10 Å². The Bertz CT molecular complexity index is 364. The van der Waals surface area contributed by atoms with Crippen molar-refractivity contribution in [2.24, 2.45) is 17.6 Å². The van der Waals surface area contributed by atoms with Gasteiger partial charge in [-0.3, -0.25) is 4.79 Å². The average molecular weight is 237 g/mol. The van der Waals surface area contributed by atoms with E-state index in [1.54, 1.807) is 11.0 Å². The molecule has 0 spiro atoms. The Morgan fingerprint density at radius 2 is 2.41 bits per heavy atom. The zero-order valence-electron chi connectivity index (χ0n) is 10.1. The largest absolute Gasteiger partial charge is 0.341 e. The molecule has 1 aliphatic rings. The number of nitrogens with two attached hydrogens (primary N) is 1. The maximum atomic E-state index is 12.0. The second kappa shape index (κ2) is 5.27. The molecule has 0 radical (unpaired) electrons. The zero-order valence-corrected chi connectivity index (χ0v) is 10.1. The van der Waals surface area contributed by atoms with Crippen LogP contribution >= 0.6 is 0 Å². The van der Waals surface area contributed by atoms with Crippen LogP contribution in [0.5, 0.6) is 0 Å². The van der Waals surface area contributed by atoms with Crippen molar-refractivity contribution in [3.63, 3.8) is 0 Å². The minimum atomic E-state index is 0.0980. The van der Waals surface area contributed by atoms with E-state index in [0.29, 0.717) is 18.4 Å². The Balaban J connectivity index is 1.91. The summed E-state index contributed by atoms with van der Waals surface area (Å²) in [4.78, 5) is 17.7. The predicted molar refractivity (Wildman–Crippen MR) is 62.9 cm³/mol. The molecule has 1 aromatic rings. The van der Waals surface area contributed by atoms with Crippen LogP contribution in [0.1, 0.15) is 13.3 Å². The van der Waals surface area contributed by atoms with Gasteiger partial charge in [0, 0.05) is 13.1 Å². The number of hydrogen-bond acceptors (Lipinski definition) is 4. The fourth-order valence-corrected chi connectivity index (χ4v) is 2.24. The third-order valence-electron chi connectivity index (χ3n) is 3.53. The number of piperidine rings is 1.